The van der Waals surface area contributed by atoms with E-state index in [1.807, 2.05) is 0 Å². The van der Waals surface area contributed by atoms with Gasteiger partial charge in [0.2, 0.25) is 0 Å². The fourth-order valence-corrected chi connectivity index (χ4v) is 1.15. The molecular formula is C7H14O2. The molecule has 54 valence electrons. The van der Waals surface area contributed by atoms with Crippen molar-refractivity contribution >= 4 is 0 Å². The Bertz CT molecular complexity index is 65.3. The first kappa shape index (κ1) is 7.03. The third kappa shape index (κ3) is 2.33. The van der Waals surface area contributed by atoms with Gasteiger partial charge in [0.05, 0.1) is 0 Å². The van der Waals surface area contributed by atoms with Gasteiger partial charge < -0.3 is 9.84 Å². The highest BCUT2D eigenvalue weighted by atomic mass is 16.5. The maximum absolute atomic E-state index is 8.76. The molecule has 9 heavy (non-hydrogen) atoms. The van der Waals surface area contributed by atoms with Crippen molar-refractivity contribution in [3.63, 3.8) is 0 Å². The molecule has 1 aliphatic rings. The molecule has 0 aromatic rings. The van der Waals surface area contributed by atoms with Gasteiger partial charge in [-0.1, -0.05) is 0 Å². The Morgan fingerprint density at radius 1 is 1.33 bits per heavy atom. The summed E-state index contributed by atoms with van der Waals surface area (Å²) in [5, 5.41) is 8.76. The molecule has 0 aromatic heterocycles. The first-order chi connectivity index (χ1) is 4.43. The van der Waals surface area contributed by atoms with E-state index >= 15 is 0 Å². The van der Waals surface area contributed by atoms with Crippen molar-refractivity contribution in [3.8, 4) is 0 Å². The predicted octanol–water partition coefficient (Wildman–Crippen LogP) is 0.795. The van der Waals surface area contributed by atoms with Gasteiger partial charge in [-0.2, -0.15) is 0 Å². The lowest BCUT2D eigenvalue weighted by Crippen LogP contribution is -2.05. The van der Waals surface area contributed by atoms with Gasteiger partial charge in [0.25, 0.3) is 0 Å². The summed E-state index contributed by atoms with van der Waals surface area (Å²) in [6, 6.07) is 0. The first-order valence-corrected chi connectivity index (χ1v) is 3.62. The standard InChI is InChI=1S/C7H14O2/c8-6-7-2-1-4-9-5-3-7/h7-8H,1-6H2/t7-/m1/s1. The maximum atomic E-state index is 8.76. The molecule has 1 fully saturated rings. The molecule has 0 bridgehead atoms. The average molecular weight is 130 g/mol. The fourth-order valence-electron chi connectivity index (χ4n) is 1.15. The third-order valence-corrected chi connectivity index (χ3v) is 1.83. The molecule has 1 aliphatic heterocycles. The number of hydrogen-bond donors (Lipinski definition) is 1. The Kier molecular flexibility index (Phi) is 3.01. The van der Waals surface area contributed by atoms with Crippen LogP contribution < -0.4 is 0 Å². The first-order valence-electron chi connectivity index (χ1n) is 3.62. The largest absolute Gasteiger partial charge is 0.396 e. The molecule has 0 aromatic carbocycles. The number of rotatable bonds is 1. The lowest BCUT2D eigenvalue weighted by Gasteiger charge is -2.06. The van der Waals surface area contributed by atoms with Crippen LogP contribution in [-0.4, -0.2) is 24.9 Å². The minimum Gasteiger partial charge on any atom is -0.396 e. The number of ether oxygens (including phenoxy) is 1. The molecule has 0 aliphatic carbocycles. The van der Waals surface area contributed by atoms with Crippen molar-refractivity contribution in [3.05, 3.63) is 0 Å². The highest BCUT2D eigenvalue weighted by Gasteiger charge is 2.09. The molecule has 1 saturated heterocycles. The summed E-state index contributed by atoms with van der Waals surface area (Å²) < 4.78 is 5.22. The molecule has 0 radical (unpaired) electrons. The minimum absolute atomic E-state index is 0.337. The molecule has 1 N–H and O–H groups in total. The van der Waals surface area contributed by atoms with Crippen molar-refractivity contribution in [2.45, 2.75) is 19.3 Å². The van der Waals surface area contributed by atoms with Gasteiger partial charge in [0.1, 0.15) is 0 Å². The van der Waals surface area contributed by atoms with E-state index in [9.17, 15) is 0 Å². The summed E-state index contributed by atoms with van der Waals surface area (Å²) >= 11 is 0. The quantitative estimate of drug-likeness (QED) is 0.568. The van der Waals surface area contributed by atoms with Crippen molar-refractivity contribution in [2.75, 3.05) is 19.8 Å². The number of aliphatic hydroxyl groups is 1. The summed E-state index contributed by atoms with van der Waals surface area (Å²) in [6.07, 6.45) is 3.29. The van der Waals surface area contributed by atoms with Crippen LogP contribution in [0.5, 0.6) is 0 Å². The highest BCUT2D eigenvalue weighted by molar-refractivity contribution is 4.60. The molecule has 1 atom stereocenters. The van der Waals surface area contributed by atoms with Crippen LogP contribution in [0.2, 0.25) is 0 Å². The van der Waals surface area contributed by atoms with Crippen molar-refractivity contribution < 1.29 is 9.84 Å². The van der Waals surface area contributed by atoms with E-state index in [-0.39, 0.29) is 0 Å². The summed E-state index contributed by atoms with van der Waals surface area (Å²) in [5.74, 6) is 0.507. The van der Waals surface area contributed by atoms with Gasteiger partial charge in [-0.05, 0) is 25.2 Å². The molecule has 1 heterocycles. The predicted molar refractivity (Wildman–Crippen MR) is 35.2 cm³/mol. The van der Waals surface area contributed by atoms with Crippen molar-refractivity contribution in [2.24, 2.45) is 5.92 Å². The Hall–Kier alpha value is -0.0800. The van der Waals surface area contributed by atoms with Crippen molar-refractivity contribution in [1.82, 2.24) is 0 Å². The van der Waals surface area contributed by atoms with Crippen LogP contribution in [0, 0.1) is 5.92 Å². The Morgan fingerprint density at radius 3 is 3.00 bits per heavy atom. The SMILES string of the molecule is OC[C@@H]1CCCOCC1. The van der Waals surface area contributed by atoms with Crippen LogP contribution in [0.3, 0.4) is 0 Å². The second kappa shape index (κ2) is 3.85. The second-order valence-electron chi connectivity index (χ2n) is 2.59. The lowest BCUT2D eigenvalue weighted by atomic mass is 10.0. The second-order valence-corrected chi connectivity index (χ2v) is 2.59. The van der Waals surface area contributed by atoms with E-state index in [1.54, 1.807) is 0 Å². The molecule has 0 amide bonds. The van der Waals surface area contributed by atoms with E-state index in [4.69, 9.17) is 9.84 Å². The van der Waals surface area contributed by atoms with E-state index in [0.29, 0.717) is 12.5 Å². The summed E-state index contributed by atoms with van der Waals surface area (Å²) in [7, 11) is 0. The monoisotopic (exact) mass is 130 g/mol. The molecule has 2 heteroatoms. The van der Waals surface area contributed by atoms with E-state index in [2.05, 4.69) is 0 Å². The van der Waals surface area contributed by atoms with E-state index in [0.717, 1.165) is 32.5 Å². The zero-order chi connectivity index (χ0) is 6.53. The van der Waals surface area contributed by atoms with Gasteiger partial charge in [-0.25, -0.2) is 0 Å². The normalized spacial score (nSPS) is 29.7. The summed E-state index contributed by atoms with van der Waals surface area (Å²) in [4.78, 5) is 0. The fraction of sp³-hybridized carbons (Fsp3) is 1.00. The Labute approximate surface area is 55.8 Å². The van der Waals surface area contributed by atoms with Gasteiger partial charge in [-0.15, -0.1) is 0 Å². The van der Waals surface area contributed by atoms with Crippen LogP contribution in [0.15, 0.2) is 0 Å². The molecule has 0 saturated carbocycles. The van der Waals surface area contributed by atoms with Gasteiger partial charge in [0.15, 0.2) is 0 Å². The molecular weight excluding hydrogens is 116 g/mol. The third-order valence-electron chi connectivity index (χ3n) is 1.83. The summed E-state index contributed by atoms with van der Waals surface area (Å²) in [6.45, 7) is 2.06. The maximum Gasteiger partial charge on any atom is 0.0469 e. The molecule has 0 unspecified atom stereocenters. The van der Waals surface area contributed by atoms with Crippen LogP contribution in [0.4, 0.5) is 0 Å². The van der Waals surface area contributed by atoms with Crippen LogP contribution in [0.25, 0.3) is 0 Å². The van der Waals surface area contributed by atoms with Gasteiger partial charge >= 0.3 is 0 Å². The van der Waals surface area contributed by atoms with E-state index in [1.165, 1.54) is 0 Å². The van der Waals surface area contributed by atoms with E-state index < -0.39 is 0 Å². The Balaban J connectivity index is 2.18. The summed E-state index contributed by atoms with van der Waals surface area (Å²) in [5.41, 5.74) is 0. The molecule has 0 spiro atoms. The van der Waals surface area contributed by atoms with Gasteiger partial charge in [-0.3, -0.25) is 0 Å². The molecule has 1 rings (SSSR count). The number of aliphatic hydroxyl groups excluding tert-OH is 1. The minimum atomic E-state index is 0.337. The smallest absolute Gasteiger partial charge is 0.0469 e. The zero-order valence-corrected chi connectivity index (χ0v) is 5.68. The van der Waals surface area contributed by atoms with Crippen LogP contribution in [-0.2, 0) is 4.74 Å². The molecule has 2 nitrogen and oxygen atoms in total. The van der Waals surface area contributed by atoms with Crippen LogP contribution >= 0.6 is 0 Å². The van der Waals surface area contributed by atoms with Gasteiger partial charge in [0, 0.05) is 19.8 Å². The topological polar surface area (TPSA) is 29.5 Å². The van der Waals surface area contributed by atoms with Crippen molar-refractivity contribution in [1.29, 1.82) is 0 Å². The zero-order valence-electron chi connectivity index (χ0n) is 5.68. The average Bonchev–Trinajstić information content (AvgIpc) is 2.13. The lowest BCUT2D eigenvalue weighted by molar-refractivity contribution is 0.135. The number of hydrogen-bond acceptors (Lipinski definition) is 2. The van der Waals surface area contributed by atoms with Crippen LogP contribution in [0.1, 0.15) is 19.3 Å². The highest BCUT2D eigenvalue weighted by Crippen LogP contribution is 2.13. The Morgan fingerprint density at radius 2 is 2.22 bits per heavy atom.